The molecule has 1 aromatic heterocycles. The third-order valence-electron chi connectivity index (χ3n) is 2.79. The van der Waals surface area contributed by atoms with E-state index in [1.807, 2.05) is 0 Å². The molecular formula is C9H10F2N2O2. The van der Waals surface area contributed by atoms with E-state index >= 15 is 0 Å². The van der Waals surface area contributed by atoms with Crippen molar-refractivity contribution < 1.29 is 18.7 Å². The number of carboxylic acid groups (broad SMARTS) is 1. The molecule has 1 atom stereocenters. The maximum atomic E-state index is 13.1. The maximum absolute atomic E-state index is 13.1. The number of alkyl halides is 2. The van der Waals surface area contributed by atoms with Gasteiger partial charge in [0.15, 0.2) is 5.41 Å². The van der Waals surface area contributed by atoms with Crippen molar-refractivity contribution in [2.45, 2.75) is 31.2 Å². The minimum absolute atomic E-state index is 0.0532. The van der Waals surface area contributed by atoms with E-state index in [4.69, 9.17) is 5.11 Å². The first kappa shape index (κ1) is 10.1. The summed E-state index contributed by atoms with van der Waals surface area (Å²) in [5.41, 5.74) is -2.10. The Hall–Kier alpha value is -1.46. The van der Waals surface area contributed by atoms with Crippen LogP contribution in [0.5, 0.6) is 0 Å². The van der Waals surface area contributed by atoms with Crippen molar-refractivity contribution in [3.05, 3.63) is 18.2 Å². The van der Waals surface area contributed by atoms with E-state index in [9.17, 15) is 13.6 Å². The molecule has 0 amide bonds. The lowest BCUT2D eigenvalue weighted by atomic mass is 10.1. The van der Waals surface area contributed by atoms with Crippen molar-refractivity contribution in [3.8, 4) is 0 Å². The number of nitrogens with zero attached hydrogens (tertiary/aromatic N) is 2. The molecule has 82 valence electrons. The number of aliphatic carboxylic acids is 1. The molecule has 1 aliphatic rings. The SMILES string of the molecule is CCn1ccnc1C1(C(=O)O)CC1(F)F. The summed E-state index contributed by atoms with van der Waals surface area (Å²) in [4.78, 5) is 14.7. The van der Waals surface area contributed by atoms with Crippen LogP contribution in [0.4, 0.5) is 8.78 Å². The van der Waals surface area contributed by atoms with Crippen LogP contribution in [0.2, 0.25) is 0 Å². The summed E-state index contributed by atoms with van der Waals surface area (Å²) in [5.74, 6) is -4.74. The van der Waals surface area contributed by atoms with Crippen molar-refractivity contribution in [2.24, 2.45) is 0 Å². The number of halogens is 2. The molecule has 6 heteroatoms. The molecule has 0 aliphatic heterocycles. The van der Waals surface area contributed by atoms with E-state index in [0.29, 0.717) is 6.54 Å². The zero-order valence-electron chi connectivity index (χ0n) is 8.07. The van der Waals surface area contributed by atoms with Crippen LogP contribution in [-0.2, 0) is 16.8 Å². The lowest BCUT2D eigenvalue weighted by molar-refractivity contribution is -0.143. The van der Waals surface area contributed by atoms with Crippen molar-refractivity contribution in [2.75, 3.05) is 0 Å². The second kappa shape index (κ2) is 2.77. The van der Waals surface area contributed by atoms with Crippen LogP contribution < -0.4 is 0 Å². The quantitative estimate of drug-likeness (QED) is 0.827. The van der Waals surface area contributed by atoms with Gasteiger partial charge in [0, 0.05) is 25.4 Å². The topological polar surface area (TPSA) is 55.1 Å². The van der Waals surface area contributed by atoms with Gasteiger partial charge in [-0.1, -0.05) is 0 Å². The van der Waals surface area contributed by atoms with Crippen LogP contribution in [-0.4, -0.2) is 26.5 Å². The molecule has 4 nitrogen and oxygen atoms in total. The van der Waals surface area contributed by atoms with Crippen LogP contribution >= 0.6 is 0 Å². The molecule has 1 heterocycles. The van der Waals surface area contributed by atoms with E-state index < -0.39 is 23.7 Å². The highest BCUT2D eigenvalue weighted by molar-refractivity contribution is 5.86. The van der Waals surface area contributed by atoms with Gasteiger partial charge in [0.25, 0.3) is 5.92 Å². The van der Waals surface area contributed by atoms with Crippen LogP contribution in [0.25, 0.3) is 0 Å². The van der Waals surface area contributed by atoms with Gasteiger partial charge in [0.05, 0.1) is 0 Å². The average molecular weight is 216 g/mol. The Kier molecular flexibility index (Phi) is 1.86. The molecule has 2 rings (SSSR count). The summed E-state index contributed by atoms with van der Waals surface area (Å²) < 4.78 is 27.7. The van der Waals surface area contributed by atoms with E-state index in [0.717, 1.165) is 0 Å². The second-order valence-corrected chi connectivity index (χ2v) is 3.63. The third kappa shape index (κ3) is 1.10. The summed E-state index contributed by atoms with van der Waals surface area (Å²) in [5, 5.41) is 8.90. The second-order valence-electron chi connectivity index (χ2n) is 3.63. The number of hydrogen-bond donors (Lipinski definition) is 1. The number of imidazole rings is 1. The van der Waals surface area contributed by atoms with Gasteiger partial charge >= 0.3 is 5.97 Å². The van der Waals surface area contributed by atoms with E-state index in [-0.39, 0.29) is 5.82 Å². The zero-order valence-corrected chi connectivity index (χ0v) is 8.07. The monoisotopic (exact) mass is 216 g/mol. The fraction of sp³-hybridized carbons (Fsp3) is 0.556. The van der Waals surface area contributed by atoms with Gasteiger partial charge in [-0.05, 0) is 6.92 Å². The first-order valence-electron chi connectivity index (χ1n) is 4.58. The normalized spacial score (nSPS) is 27.7. The van der Waals surface area contributed by atoms with Gasteiger partial charge in [0.1, 0.15) is 5.82 Å². The molecule has 1 fully saturated rings. The van der Waals surface area contributed by atoms with Gasteiger partial charge in [-0.15, -0.1) is 0 Å². The van der Waals surface area contributed by atoms with Gasteiger partial charge in [-0.2, -0.15) is 0 Å². The van der Waals surface area contributed by atoms with Crippen molar-refractivity contribution >= 4 is 5.97 Å². The van der Waals surface area contributed by atoms with Gasteiger partial charge in [-0.3, -0.25) is 4.79 Å². The molecule has 0 saturated heterocycles. The van der Waals surface area contributed by atoms with Gasteiger partial charge in [0.2, 0.25) is 0 Å². The third-order valence-corrected chi connectivity index (χ3v) is 2.79. The fourth-order valence-corrected chi connectivity index (χ4v) is 1.80. The highest BCUT2D eigenvalue weighted by Crippen LogP contribution is 2.61. The fourth-order valence-electron chi connectivity index (χ4n) is 1.80. The Morgan fingerprint density at radius 2 is 2.33 bits per heavy atom. The maximum Gasteiger partial charge on any atom is 0.323 e. The summed E-state index contributed by atoms with van der Waals surface area (Å²) in [7, 11) is 0. The molecule has 0 aromatic carbocycles. The molecular weight excluding hydrogens is 206 g/mol. The predicted octanol–water partition coefficient (Wildman–Crippen LogP) is 1.26. The molecule has 1 saturated carbocycles. The minimum atomic E-state index is -3.18. The molecule has 0 spiro atoms. The van der Waals surface area contributed by atoms with Crippen LogP contribution in [0.1, 0.15) is 19.2 Å². The van der Waals surface area contributed by atoms with Crippen molar-refractivity contribution in [1.29, 1.82) is 0 Å². The molecule has 1 aromatic rings. The summed E-state index contributed by atoms with van der Waals surface area (Å²) >= 11 is 0. The van der Waals surface area contributed by atoms with E-state index in [1.54, 1.807) is 6.92 Å². The number of hydrogen-bond acceptors (Lipinski definition) is 2. The van der Waals surface area contributed by atoms with Crippen LogP contribution in [0.3, 0.4) is 0 Å². The highest BCUT2D eigenvalue weighted by atomic mass is 19.3. The number of carboxylic acids is 1. The zero-order chi connectivity index (χ0) is 11.3. The first-order valence-corrected chi connectivity index (χ1v) is 4.58. The summed E-state index contributed by atoms with van der Waals surface area (Å²) in [6.07, 6.45) is 2.19. The number of carbonyl (C=O) groups is 1. The smallest absolute Gasteiger partial charge is 0.323 e. The van der Waals surface area contributed by atoms with Crippen LogP contribution in [0, 0.1) is 0 Å². The summed E-state index contributed by atoms with van der Waals surface area (Å²) in [6, 6.07) is 0. The number of aryl methyl sites for hydroxylation is 1. The van der Waals surface area contributed by atoms with Crippen molar-refractivity contribution in [1.82, 2.24) is 9.55 Å². The van der Waals surface area contributed by atoms with E-state index in [1.165, 1.54) is 17.0 Å². The lowest BCUT2D eigenvalue weighted by Gasteiger charge is -2.12. The van der Waals surface area contributed by atoms with Crippen molar-refractivity contribution in [3.63, 3.8) is 0 Å². The highest BCUT2D eigenvalue weighted by Gasteiger charge is 2.79. The lowest BCUT2D eigenvalue weighted by Crippen LogP contribution is -2.30. The Balaban J connectivity index is 2.50. The van der Waals surface area contributed by atoms with Gasteiger partial charge in [-0.25, -0.2) is 13.8 Å². The number of aromatic nitrogens is 2. The average Bonchev–Trinajstić information content (AvgIpc) is 2.60. The molecule has 0 bridgehead atoms. The molecule has 1 N–H and O–H groups in total. The summed E-state index contributed by atoms with van der Waals surface area (Å²) in [6.45, 7) is 2.18. The Morgan fingerprint density at radius 1 is 1.73 bits per heavy atom. The number of rotatable bonds is 3. The molecule has 1 unspecified atom stereocenters. The Labute approximate surface area is 84.5 Å². The van der Waals surface area contributed by atoms with Gasteiger partial charge < -0.3 is 9.67 Å². The first-order chi connectivity index (χ1) is 6.95. The molecule has 1 aliphatic carbocycles. The Bertz CT molecular complexity index is 416. The minimum Gasteiger partial charge on any atom is -0.480 e. The van der Waals surface area contributed by atoms with Crippen LogP contribution in [0.15, 0.2) is 12.4 Å². The standard InChI is InChI=1S/C9H10F2N2O2/c1-2-13-4-3-12-6(13)8(7(14)15)5-9(8,10)11/h3-4H,2,5H2,1H3,(H,14,15). The Morgan fingerprint density at radius 3 is 2.73 bits per heavy atom. The van der Waals surface area contributed by atoms with E-state index in [2.05, 4.69) is 4.98 Å². The molecule has 15 heavy (non-hydrogen) atoms. The molecule has 0 radical (unpaired) electrons. The largest absolute Gasteiger partial charge is 0.480 e. The predicted molar refractivity (Wildman–Crippen MR) is 46.8 cm³/mol.